The third-order valence-electron chi connectivity index (χ3n) is 3.37. The second kappa shape index (κ2) is 9.50. The van der Waals surface area contributed by atoms with Crippen LogP contribution in [0, 0.1) is 0 Å². The molecule has 5 heteroatoms. The Kier molecular flexibility index (Phi) is 7.97. The Morgan fingerprint density at radius 3 is 2.52 bits per heavy atom. The van der Waals surface area contributed by atoms with E-state index in [1.54, 1.807) is 33.5 Å². The Morgan fingerprint density at radius 2 is 1.90 bits per heavy atom. The van der Waals surface area contributed by atoms with Crippen LogP contribution in [0.3, 0.4) is 0 Å². The minimum absolute atomic E-state index is 0.0338. The third-order valence-corrected chi connectivity index (χ3v) is 3.37. The minimum Gasteiger partial charge on any atom is -0.496 e. The number of carbonyl (C=O) groups excluding carboxylic acids is 1. The highest BCUT2D eigenvalue weighted by molar-refractivity contribution is 6.00. The fourth-order valence-corrected chi connectivity index (χ4v) is 2.16. The molecule has 0 fully saturated rings. The van der Waals surface area contributed by atoms with E-state index >= 15 is 0 Å². The number of para-hydroxylation sites is 1. The summed E-state index contributed by atoms with van der Waals surface area (Å²) in [6.45, 7) is 4.18. The Bertz CT molecular complexity index is 436. The van der Waals surface area contributed by atoms with E-state index in [0.29, 0.717) is 37.6 Å². The molecule has 0 aliphatic rings. The van der Waals surface area contributed by atoms with Crippen molar-refractivity contribution in [2.24, 2.45) is 0 Å². The van der Waals surface area contributed by atoms with Gasteiger partial charge in [-0.1, -0.05) is 12.1 Å². The lowest BCUT2D eigenvalue weighted by Crippen LogP contribution is -2.41. The number of hydrogen-bond acceptors (Lipinski definition) is 5. The second-order valence-electron chi connectivity index (χ2n) is 4.89. The molecule has 1 unspecified atom stereocenters. The van der Waals surface area contributed by atoms with Crippen LogP contribution in [0.4, 0.5) is 0 Å². The molecule has 0 bridgehead atoms. The van der Waals surface area contributed by atoms with E-state index in [9.17, 15) is 4.79 Å². The van der Waals surface area contributed by atoms with Crippen LogP contribution in [0.25, 0.3) is 0 Å². The van der Waals surface area contributed by atoms with Crippen molar-refractivity contribution in [1.82, 2.24) is 4.90 Å². The summed E-state index contributed by atoms with van der Waals surface area (Å²) in [6, 6.07) is 7.42. The van der Waals surface area contributed by atoms with Gasteiger partial charge in [0.1, 0.15) is 5.75 Å². The highest BCUT2D eigenvalue weighted by atomic mass is 16.5. The van der Waals surface area contributed by atoms with Crippen LogP contribution in [0.15, 0.2) is 24.3 Å². The molecule has 0 aliphatic carbocycles. The van der Waals surface area contributed by atoms with Gasteiger partial charge in [0.25, 0.3) is 0 Å². The molecule has 0 aromatic heterocycles. The van der Waals surface area contributed by atoms with Gasteiger partial charge in [-0.25, -0.2) is 0 Å². The molecular formula is C16H25NO4. The largest absolute Gasteiger partial charge is 0.496 e. The van der Waals surface area contributed by atoms with Gasteiger partial charge in [0.15, 0.2) is 5.78 Å². The zero-order valence-corrected chi connectivity index (χ0v) is 13.3. The Balaban J connectivity index is 2.79. The molecule has 0 radical (unpaired) electrons. The van der Waals surface area contributed by atoms with Gasteiger partial charge in [0.2, 0.25) is 0 Å². The van der Waals surface area contributed by atoms with Crippen molar-refractivity contribution in [2.45, 2.75) is 13.0 Å². The molecule has 21 heavy (non-hydrogen) atoms. The van der Waals surface area contributed by atoms with Crippen LogP contribution >= 0.6 is 0 Å². The lowest BCUT2D eigenvalue weighted by atomic mass is 10.1. The summed E-state index contributed by atoms with van der Waals surface area (Å²) >= 11 is 0. The van der Waals surface area contributed by atoms with Crippen molar-refractivity contribution in [3.8, 4) is 5.75 Å². The Morgan fingerprint density at radius 1 is 1.19 bits per heavy atom. The minimum atomic E-state index is 0.0338. The molecule has 1 aromatic carbocycles. The maximum Gasteiger partial charge on any atom is 0.180 e. The van der Waals surface area contributed by atoms with Crippen molar-refractivity contribution < 1.29 is 19.0 Å². The predicted octanol–water partition coefficient (Wildman–Crippen LogP) is 1.86. The second-order valence-corrected chi connectivity index (χ2v) is 4.89. The number of ether oxygens (including phenoxy) is 3. The molecule has 0 saturated heterocycles. The normalized spacial score (nSPS) is 12.4. The van der Waals surface area contributed by atoms with Gasteiger partial charge in [-0.15, -0.1) is 0 Å². The molecular weight excluding hydrogens is 270 g/mol. The zero-order valence-electron chi connectivity index (χ0n) is 13.3. The number of ketones is 1. The average molecular weight is 295 g/mol. The third kappa shape index (κ3) is 5.46. The van der Waals surface area contributed by atoms with Crippen molar-refractivity contribution in [3.63, 3.8) is 0 Å². The topological polar surface area (TPSA) is 48.0 Å². The summed E-state index contributed by atoms with van der Waals surface area (Å²) in [7, 11) is 4.89. The van der Waals surface area contributed by atoms with E-state index < -0.39 is 0 Å². The van der Waals surface area contributed by atoms with Crippen LogP contribution in [0.1, 0.15) is 17.3 Å². The highest BCUT2D eigenvalue weighted by Crippen LogP contribution is 2.18. The molecule has 0 aliphatic heterocycles. The maximum atomic E-state index is 12.5. The van der Waals surface area contributed by atoms with Crippen LogP contribution < -0.4 is 4.74 Å². The molecule has 0 N–H and O–H groups in total. The van der Waals surface area contributed by atoms with E-state index in [4.69, 9.17) is 14.2 Å². The highest BCUT2D eigenvalue weighted by Gasteiger charge is 2.20. The average Bonchev–Trinajstić information content (AvgIpc) is 2.51. The van der Waals surface area contributed by atoms with Crippen LogP contribution in [0.5, 0.6) is 5.75 Å². The predicted molar refractivity (Wildman–Crippen MR) is 82.1 cm³/mol. The van der Waals surface area contributed by atoms with Gasteiger partial charge in [0, 0.05) is 26.8 Å². The van der Waals surface area contributed by atoms with E-state index in [2.05, 4.69) is 4.90 Å². The van der Waals surface area contributed by atoms with Gasteiger partial charge in [0.05, 0.1) is 32.4 Å². The first kappa shape index (κ1) is 17.6. The first-order chi connectivity index (χ1) is 10.1. The van der Waals surface area contributed by atoms with Crippen LogP contribution in [0.2, 0.25) is 0 Å². The standard InChI is InChI=1S/C16H25NO4/c1-13(12-20-3)17(9-10-19-2)11-15(18)14-7-5-6-8-16(14)21-4/h5-8,13H,9-12H2,1-4H3. The molecule has 0 saturated carbocycles. The van der Waals surface area contributed by atoms with E-state index in [-0.39, 0.29) is 11.8 Å². The number of benzene rings is 1. The lowest BCUT2D eigenvalue weighted by molar-refractivity contribution is 0.0649. The summed E-state index contributed by atoms with van der Waals surface area (Å²) in [5.41, 5.74) is 0.604. The summed E-state index contributed by atoms with van der Waals surface area (Å²) in [5.74, 6) is 0.639. The fraction of sp³-hybridized carbons (Fsp3) is 0.562. The van der Waals surface area contributed by atoms with Gasteiger partial charge in [-0.2, -0.15) is 0 Å². The van der Waals surface area contributed by atoms with E-state index in [0.717, 1.165) is 0 Å². The molecule has 0 heterocycles. The lowest BCUT2D eigenvalue weighted by Gasteiger charge is -2.27. The number of carbonyl (C=O) groups is 1. The fourth-order valence-electron chi connectivity index (χ4n) is 2.16. The van der Waals surface area contributed by atoms with Gasteiger partial charge in [-0.05, 0) is 19.1 Å². The van der Waals surface area contributed by atoms with Gasteiger partial charge >= 0.3 is 0 Å². The maximum absolute atomic E-state index is 12.5. The summed E-state index contributed by atoms with van der Waals surface area (Å²) in [6.07, 6.45) is 0. The smallest absolute Gasteiger partial charge is 0.180 e. The van der Waals surface area contributed by atoms with E-state index in [1.165, 1.54) is 0 Å². The summed E-state index contributed by atoms with van der Waals surface area (Å²) in [5, 5.41) is 0. The molecule has 0 amide bonds. The molecule has 5 nitrogen and oxygen atoms in total. The Labute approximate surface area is 126 Å². The molecule has 118 valence electrons. The first-order valence-corrected chi connectivity index (χ1v) is 7.02. The first-order valence-electron chi connectivity index (χ1n) is 7.02. The van der Waals surface area contributed by atoms with E-state index in [1.807, 2.05) is 19.1 Å². The molecule has 1 rings (SSSR count). The number of hydrogen-bond donors (Lipinski definition) is 0. The van der Waals surface area contributed by atoms with Crippen LogP contribution in [-0.2, 0) is 9.47 Å². The number of Topliss-reactive ketones (excluding diaryl/α,β-unsaturated/α-hetero) is 1. The monoisotopic (exact) mass is 295 g/mol. The number of nitrogens with zero attached hydrogens (tertiary/aromatic N) is 1. The van der Waals surface area contributed by atoms with Crippen molar-refractivity contribution in [1.29, 1.82) is 0 Å². The van der Waals surface area contributed by atoms with Crippen molar-refractivity contribution in [3.05, 3.63) is 29.8 Å². The van der Waals surface area contributed by atoms with Gasteiger partial charge < -0.3 is 14.2 Å². The van der Waals surface area contributed by atoms with Gasteiger partial charge in [-0.3, -0.25) is 9.69 Å². The van der Waals surface area contributed by atoms with Crippen LogP contribution in [-0.4, -0.2) is 64.4 Å². The zero-order chi connectivity index (χ0) is 15.7. The molecule has 0 spiro atoms. The molecule has 1 aromatic rings. The quantitative estimate of drug-likeness (QED) is 0.617. The Hall–Kier alpha value is -1.43. The van der Waals surface area contributed by atoms with Crippen molar-refractivity contribution >= 4 is 5.78 Å². The summed E-state index contributed by atoms with van der Waals surface area (Å²) < 4.78 is 15.5. The molecule has 1 atom stereocenters. The number of methoxy groups -OCH3 is 3. The number of rotatable bonds is 10. The van der Waals surface area contributed by atoms with Crippen molar-refractivity contribution in [2.75, 3.05) is 47.6 Å². The SMILES string of the molecule is COCCN(CC(=O)c1ccccc1OC)C(C)COC. The summed E-state index contributed by atoms with van der Waals surface area (Å²) in [4.78, 5) is 14.6.